The van der Waals surface area contributed by atoms with Crippen LogP contribution in [0, 0.1) is 5.82 Å². The van der Waals surface area contributed by atoms with Gasteiger partial charge in [-0.1, -0.05) is 37.3 Å². The van der Waals surface area contributed by atoms with E-state index in [2.05, 4.69) is 0 Å². The van der Waals surface area contributed by atoms with Crippen molar-refractivity contribution < 1.29 is 9.18 Å². The number of hydrogen-bond donors (Lipinski definition) is 0. The van der Waals surface area contributed by atoms with Crippen molar-refractivity contribution in [3.63, 3.8) is 0 Å². The molecule has 0 fully saturated rings. The number of carbonyl (C=O) groups excluding carboxylic acids is 1. The molecule has 0 amide bonds. The molecule has 2 nitrogen and oxygen atoms in total. The van der Waals surface area contributed by atoms with Gasteiger partial charge < -0.3 is 4.57 Å². The van der Waals surface area contributed by atoms with E-state index in [1.54, 1.807) is 12.1 Å². The Kier molecular flexibility index (Phi) is 3.34. The number of aromatic nitrogens is 1. The van der Waals surface area contributed by atoms with Crippen molar-refractivity contribution in [1.29, 1.82) is 0 Å². The lowest BCUT2D eigenvalue weighted by Gasteiger charge is -2.15. The van der Waals surface area contributed by atoms with Crippen LogP contribution >= 0.6 is 0 Å². The Balaban J connectivity index is 2.21. The summed E-state index contributed by atoms with van der Waals surface area (Å²) in [5.74, 6) is -0.234. The quantitative estimate of drug-likeness (QED) is 0.657. The highest BCUT2D eigenvalue weighted by Crippen LogP contribution is 2.32. The van der Waals surface area contributed by atoms with Crippen molar-refractivity contribution in [2.45, 2.75) is 12.8 Å². The zero-order valence-corrected chi connectivity index (χ0v) is 12.0. The molecule has 3 heteroatoms. The number of fused-ring (bicyclic) bond motifs is 1. The van der Waals surface area contributed by atoms with Gasteiger partial charge in [0.2, 0.25) is 0 Å². The average molecular weight is 281 g/mol. The zero-order valence-electron chi connectivity index (χ0n) is 12.0. The van der Waals surface area contributed by atoms with Crippen LogP contribution in [0.3, 0.4) is 0 Å². The number of rotatable bonds is 3. The first kappa shape index (κ1) is 13.6. The number of halogens is 1. The smallest absolute Gasteiger partial charge is 0.152 e. The minimum atomic E-state index is -0.251. The average Bonchev–Trinajstić information content (AvgIpc) is 2.80. The standard InChI is InChI=1S/C18H16FNO/c1-12(13-7-9-14(19)10-8-13)18-16(11-21)15-5-3-4-6-17(15)20(18)2/h3-12H,1-2H3. The molecule has 1 heterocycles. The van der Waals surface area contributed by atoms with Gasteiger partial charge in [-0.3, -0.25) is 4.79 Å². The van der Waals surface area contributed by atoms with Crippen LogP contribution in [0.15, 0.2) is 48.5 Å². The van der Waals surface area contributed by atoms with E-state index in [1.165, 1.54) is 12.1 Å². The second-order valence-corrected chi connectivity index (χ2v) is 5.27. The van der Waals surface area contributed by atoms with Gasteiger partial charge in [0.05, 0.1) is 0 Å². The molecule has 0 N–H and O–H groups in total. The molecule has 2 aromatic carbocycles. The van der Waals surface area contributed by atoms with Gasteiger partial charge in [-0.25, -0.2) is 4.39 Å². The second kappa shape index (κ2) is 5.17. The molecule has 0 aliphatic heterocycles. The summed E-state index contributed by atoms with van der Waals surface area (Å²) in [7, 11) is 1.96. The van der Waals surface area contributed by atoms with E-state index >= 15 is 0 Å². The highest BCUT2D eigenvalue weighted by atomic mass is 19.1. The Hall–Kier alpha value is -2.42. The minimum absolute atomic E-state index is 0.0169. The van der Waals surface area contributed by atoms with Crippen LogP contribution in [0.2, 0.25) is 0 Å². The van der Waals surface area contributed by atoms with Crippen LogP contribution in [-0.2, 0) is 7.05 Å². The first-order chi connectivity index (χ1) is 10.1. The number of para-hydroxylation sites is 1. The van der Waals surface area contributed by atoms with Crippen LogP contribution in [0.4, 0.5) is 4.39 Å². The molecule has 0 saturated carbocycles. The predicted octanol–water partition coefficient (Wildman–Crippen LogP) is 4.28. The maximum absolute atomic E-state index is 13.1. The van der Waals surface area contributed by atoms with Crippen LogP contribution in [0.1, 0.15) is 34.5 Å². The van der Waals surface area contributed by atoms with Crippen molar-refractivity contribution in [2.75, 3.05) is 0 Å². The highest BCUT2D eigenvalue weighted by molar-refractivity contribution is 5.99. The maximum Gasteiger partial charge on any atom is 0.152 e. The normalized spacial score (nSPS) is 12.5. The molecule has 0 spiro atoms. The largest absolute Gasteiger partial charge is 0.346 e. The lowest BCUT2D eigenvalue weighted by atomic mass is 9.94. The number of carbonyl (C=O) groups is 1. The van der Waals surface area contributed by atoms with Crippen molar-refractivity contribution in [1.82, 2.24) is 4.57 Å². The fourth-order valence-electron chi connectivity index (χ4n) is 3.00. The zero-order chi connectivity index (χ0) is 15.0. The van der Waals surface area contributed by atoms with Crippen molar-refractivity contribution >= 4 is 17.2 Å². The third-order valence-corrected chi connectivity index (χ3v) is 4.09. The van der Waals surface area contributed by atoms with Crippen LogP contribution in [0.5, 0.6) is 0 Å². The summed E-state index contributed by atoms with van der Waals surface area (Å²) < 4.78 is 15.1. The monoisotopic (exact) mass is 281 g/mol. The van der Waals surface area contributed by atoms with Crippen LogP contribution in [-0.4, -0.2) is 10.9 Å². The Morgan fingerprint density at radius 3 is 2.43 bits per heavy atom. The highest BCUT2D eigenvalue weighted by Gasteiger charge is 2.20. The number of aryl methyl sites for hydroxylation is 1. The SMILES string of the molecule is CC(c1ccc(F)cc1)c1c(C=O)c2ccccc2n1C. The number of hydrogen-bond acceptors (Lipinski definition) is 1. The Morgan fingerprint density at radius 1 is 1.10 bits per heavy atom. The summed E-state index contributed by atoms with van der Waals surface area (Å²) in [5.41, 5.74) is 3.69. The van der Waals surface area contributed by atoms with Gasteiger partial charge >= 0.3 is 0 Å². The molecule has 3 rings (SSSR count). The molecular formula is C18H16FNO. The summed E-state index contributed by atoms with van der Waals surface area (Å²) in [6.45, 7) is 2.04. The fraction of sp³-hybridized carbons (Fsp3) is 0.167. The van der Waals surface area contributed by atoms with E-state index in [0.717, 1.165) is 28.4 Å². The van der Waals surface area contributed by atoms with E-state index in [4.69, 9.17) is 0 Å². The minimum Gasteiger partial charge on any atom is -0.346 e. The van der Waals surface area contributed by atoms with Gasteiger partial charge in [-0.15, -0.1) is 0 Å². The fourth-order valence-corrected chi connectivity index (χ4v) is 3.00. The molecule has 0 bridgehead atoms. The lowest BCUT2D eigenvalue weighted by molar-refractivity contribution is 0.112. The Morgan fingerprint density at radius 2 is 1.76 bits per heavy atom. The predicted molar refractivity (Wildman–Crippen MR) is 82.2 cm³/mol. The van der Waals surface area contributed by atoms with Gasteiger partial charge in [-0.05, 0) is 23.8 Å². The molecule has 21 heavy (non-hydrogen) atoms. The van der Waals surface area contributed by atoms with E-state index in [0.29, 0.717) is 5.56 Å². The lowest BCUT2D eigenvalue weighted by Crippen LogP contribution is -2.05. The van der Waals surface area contributed by atoms with Crippen LogP contribution in [0.25, 0.3) is 10.9 Å². The summed E-state index contributed by atoms with van der Waals surface area (Å²) in [5, 5.41) is 0.957. The topological polar surface area (TPSA) is 22.0 Å². The maximum atomic E-state index is 13.1. The van der Waals surface area contributed by atoms with Crippen LogP contribution < -0.4 is 0 Å². The van der Waals surface area contributed by atoms with Gasteiger partial charge in [0, 0.05) is 35.1 Å². The summed E-state index contributed by atoms with van der Waals surface area (Å²) in [6.07, 6.45) is 0.914. The Labute approximate surface area is 122 Å². The number of nitrogens with zero attached hydrogens (tertiary/aromatic N) is 1. The second-order valence-electron chi connectivity index (χ2n) is 5.27. The Bertz CT molecular complexity index is 802. The van der Waals surface area contributed by atoms with E-state index < -0.39 is 0 Å². The van der Waals surface area contributed by atoms with Crippen molar-refractivity contribution in [2.24, 2.45) is 7.05 Å². The van der Waals surface area contributed by atoms with Gasteiger partial charge in [0.15, 0.2) is 6.29 Å². The third-order valence-electron chi connectivity index (χ3n) is 4.09. The summed E-state index contributed by atoms with van der Waals surface area (Å²) in [4.78, 5) is 11.6. The molecular weight excluding hydrogens is 265 g/mol. The summed E-state index contributed by atoms with van der Waals surface area (Å²) in [6, 6.07) is 14.3. The van der Waals surface area contributed by atoms with Crippen molar-refractivity contribution in [3.05, 3.63) is 71.2 Å². The first-order valence-corrected chi connectivity index (χ1v) is 6.91. The van der Waals surface area contributed by atoms with Gasteiger partial charge in [0.25, 0.3) is 0 Å². The molecule has 0 aliphatic rings. The number of aldehydes is 1. The molecule has 1 atom stereocenters. The molecule has 1 aromatic heterocycles. The van der Waals surface area contributed by atoms with Crippen molar-refractivity contribution in [3.8, 4) is 0 Å². The van der Waals surface area contributed by atoms with E-state index in [1.807, 2.05) is 42.8 Å². The summed E-state index contributed by atoms with van der Waals surface area (Å²) >= 11 is 0. The van der Waals surface area contributed by atoms with Gasteiger partial charge in [0.1, 0.15) is 5.82 Å². The third kappa shape index (κ3) is 2.15. The molecule has 0 radical (unpaired) electrons. The molecule has 3 aromatic rings. The molecule has 106 valence electrons. The van der Waals surface area contributed by atoms with E-state index in [9.17, 15) is 9.18 Å². The first-order valence-electron chi connectivity index (χ1n) is 6.91. The molecule has 1 unspecified atom stereocenters. The number of benzene rings is 2. The molecule has 0 saturated heterocycles. The van der Waals surface area contributed by atoms with E-state index in [-0.39, 0.29) is 11.7 Å². The molecule has 0 aliphatic carbocycles. The van der Waals surface area contributed by atoms with Gasteiger partial charge in [-0.2, -0.15) is 0 Å².